The number of ether oxygens (including phenoxy) is 1. The van der Waals surface area contributed by atoms with E-state index in [1.54, 1.807) is 13.0 Å². The lowest BCUT2D eigenvalue weighted by Crippen LogP contribution is -2.26. The summed E-state index contributed by atoms with van der Waals surface area (Å²) in [5.74, 6) is -0.0615. The van der Waals surface area contributed by atoms with E-state index in [0.717, 1.165) is 12.0 Å². The van der Waals surface area contributed by atoms with Gasteiger partial charge in [-0.25, -0.2) is 0 Å². The zero-order chi connectivity index (χ0) is 9.40. The smallest absolute Gasteiger partial charge is 0.248 e. The van der Waals surface area contributed by atoms with E-state index >= 15 is 0 Å². The number of hydrogen-bond donors (Lipinski definition) is 1. The van der Waals surface area contributed by atoms with Crippen LogP contribution in [0.25, 0.3) is 0 Å². The molecule has 1 amide bonds. The van der Waals surface area contributed by atoms with Crippen LogP contribution < -0.4 is 5.32 Å². The summed E-state index contributed by atoms with van der Waals surface area (Å²) < 4.78 is 5.09. The van der Waals surface area contributed by atoms with Crippen molar-refractivity contribution in [3.63, 3.8) is 0 Å². The zero-order valence-corrected chi connectivity index (χ0v) is 8.02. The van der Waals surface area contributed by atoms with Crippen LogP contribution in [0.3, 0.4) is 0 Å². The minimum Gasteiger partial charge on any atom is -0.361 e. The van der Waals surface area contributed by atoms with Crippen LogP contribution in [0.1, 0.15) is 27.2 Å². The van der Waals surface area contributed by atoms with Gasteiger partial charge in [-0.1, -0.05) is 13.0 Å². The molecule has 0 aliphatic carbocycles. The molecule has 0 fully saturated rings. The van der Waals surface area contributed by atoms with Gasteiger partial charge in [-0.3, -0.25) is 4.79 Å². The van der Waals surface area contributed by atoms with Crippen molar-refractivity contribution in [2.45, 2.75) is 27.2 Å². The van der Waals surface area contributed by atoms with Crippen molar-refractivity contribution >= 4 is 5.91 Å². The molecule has 0 aliphatic rings. The van der Waals surface area contributed by atoms with E-state index in [2.05, 4.69) is 5.32 Å². The van der Waals surface area contributed by atoms with E-state index in [-0.39, 0.29) is 5.91 Å². The summed E-state index contributed by atoms with van der Waals surface area (Å²) in [5.41, 5.74) is 0.718. The molecule has 0 rings (SSSR count). The third-order valence-electron chi connectivity index (χ3n) is 1.47. The van der Waals surface area contributed by atoms with Crippen molar-refractivity contribution < 1.29 is 9.53 Å². The lowest BCUT2D eigenvalue weighted by molar-refractivity contribution is -0.119. The minimum absolute atomic E-state index is 0.0615. The molecule has 3 nitrogen and oxygen atoms in total. The topological polar surface area (TPSA) is 38.3 Å². The normalized spacial score (nSPS) is 11.4. The summed E-state index contributed by atoms with van der Waals surface area (Å²) in [6.07, 6.45) is 2.74. The van der Waals surface area contributed by atoms with Gasteiger partial charge in [0.2, 0.25) is 5.91 Å². The van der Waals surface area contributed by atoms with Crippen LogP contribution in [-0.2, 0) is 9.53 Å². The molecule has 0 radical (unpaired) electrons. The molecule has 0 aromatic carbocycles. The van der Waals surface area contributed by atoms with E-state index in [1.807, 2.05) is 13.8 Å². The molecule has 0 unspecified atom stereocenters. The fourth-order valence-electron chi connectivity index (χ4n) is 0.604. The Balaban J connectivity index is 3.45. The number of allylic oxidation sites excluding steroid dienone is 1. The Morgan fingerprint density at radius 1 is 1.58 bits per heavy atom. The zero-order valence-electron chi connectivity index (χ0n) is 8.02. The first-order valence-electron chi connectivity index (χ1n) is 4.21. The highest BCUT2D eigenvalue weighted by Crippen LogP contribution is 1.90. The highest BCUT2D eigenvalue weighted by molar-refractivity contribution is 5.92. The average Bonchev–Trinajstić information content (AvgIpc) is 2.10. The summed E-state index contributed by atoms with van der Waals surface area (Å²) in [4.78, 5) is 11.1. The van der Waals surface area contributed by atoms with Crippen molar-refractivity contribution in [2.75, 3.05) is 13.3 Å². The molecule has 0 aromatic rings. The molecule has 0 aliphatic heterocycles. The quantitative estimate of drug-likeness (QED) is 0.386. The molecular weight excluding hydrogens is 154 g/mol. The SMILES string of the molecule is CC=C(C)C(=O)NCOCCC. The van der Waals surface area contributed by atoms with E-state index in [4.69, 9.17) is 4.74 Å². The first-order valence-corrected chi connectivity index (χ1v) is 4.21. The van der Waals surface area contributed by atoms with Crippen LogP contribution >= 0.6 is 0 Å². The second-order valence-corrected chi connectivity index (χ2v) is 2.53. The van der Waals surface area contributed by atoms with Gasteiger partial charge in [-0.2, -0.15) is 0 Å². The van der Waals surface area contributed by atoms with Gasteiger partial charge >= 0.3 is 0 Å². The second-order valence-electron chi connectivity index (χ2n) is 2.53. The lowest BCUT2D eigenvalue weighted by Gasteiger charge is -2.04. The van der Waals surface area contributed by atoms with E-state index in [0.29, 0.717) is 13.3 Å². The molecular formula is C9H17NO2. The molecule has 0 aromatic heterocycles. The van der Waals surface area contributed by atoms with Crippen LogP contribution in [-0.4, -0.2) is 19.2 Å². The van der Waals surface area contributed by atoms with E-state index in [9.17, 15) is 4.79 Å². The number of hydrogen-bond acceptors (Lipinski definition) is 2. The predicted molar refractivity (Wildman–Crippen MR) is 48.7 cm³/mol. The fourth-order valence-corrected chi connectivity index (χ4v) is 0.604. The van der Waals surface area contributed by atoms with Crippen LogP contribution in [0.5, 0.6) is 0 Å². The Kier molecular flexibility index (Phi) is 6.38. The number of amides is 1. The first kappa shape index (κ1) is 11.2. The molecule has 1 N–H and O–H groups in total. The monoisotopic (exact) mass is 171 g/mol. The van der Waals surface area contributed by atoms with Gasteiger partial charge < -0.3 is 10.1 Å². The average molecular weight is 171 g/mol. The number of carbonyl (C=O) groups excluding carboxylic acids is 1. The molecule has 0 bridgehead atoms. The molecule has 3 heteroatoms. The van der Waals surface area contributed by atoms with Gasteiger partial charge in [0.25, 0.3) is 0 Å². The van der Waals surface area contributed by atoms with Gasteiger partial charge in [0, 0.05) is 12.2 Å². The lowest BCUT2D eigenvalue weighted by atomic mass is 10.3. The van der Waals surface area contributed by atoms with Crippen molar-refractivity contribution in [2.24, 2.45) is 0 Å². The highest BCUT2D eigenvalue weighted by Gasteiger charge is 1.99. The van der Waals surface area contributed by atoms with Crippen LogP contribution in [0.4, 0.5) is 0 Å². The summed E-state index contributed by atoms with van der Waals surface area (Å²) in [6, 6.07) is 0. The number of rotatable bonds is 5. The number of nitrogens with one attached hydrogen (secondary N) is 1. The summed E-state index contributed by atoms with van der Waals surface area (Å²) >= 11 is 0. The largest absolute Gasteiger partial charge is 0.361 e. The molecule has 0 saturated heterocycles. The van der Waals surface area contributed by atoms with Crippen molar-refractivity contribution in [3.05, 3.63) is 11.6 Å². The Labute approximate surface area is 73.8 Å². The maximum Gasteiger partial charge on any atom is 0.248 e. The van der Waals surface area contributed by atoms with Gasteiger partial charge in [0.15, 0.2) is 0 Å². The predicted octanol–water partition coefficient (Wildman–Crippen LogP) is 1.45. The van der Waals surface area contributed by atoms with Gasteiger partial charge in [0.1, 0.15) is 6.73 Å². The highest BCUT2D eigenvalue weighted by atomic mass is 16.5. The summed E-state index contributed by atoms with van der Waals surface area (Å²) in [6.45, 7) is 6.63. The standard InChI is InChI=1S/C9H17NO2/c1-4-6-12-7-10-9(11)8(3)5-2/h5H,4,6-7H2,1-3H3,(H,10,11). The van der Waals surface area contributed by atoms with Crippen LogP contribution in [0.15, 0.2) is 11.6 Å². The van der Waals surface area contributed by atoms with Crippen LogP contribution in [0, 0.1) is 0 Å². The molecule has 0 atom stereocenters. The third kappa shape index (κ3) is 4.91. The van der Waals surface area contributed by atoms with Gasteiger partial charge in [-0.15, -0.1) is 0 Å². The molecule has 12 heavy (non-hydrogen) atoms. The summed E-state index contributed by atoms with van der Waals surface area (Å²) in [7, 11) is 0. The Hall–Kier alpha value is -0.830. The Morgan fingerprint density at radius 3 is 2.75 bits per heavy atom. The van der Waals surface area contributed by atoms with Crippen molar-refractivity contribution in [1.82, 2.24) is 5.32 Å². The fraction of sp³-hybridized carbons (Fsp3) is 0.667. The van der Waals surface area contributed by atoms with Gasteiger partial charge in [0.05, 0.1) is 0 Å². The first-order chi connectivity index (χ1) is 5.72. The summed E-state index contributed by atoms with van der Waals surface area (Å²) in [5, 5.41) is 2.64. The maximum absolute atomic E-state index is 11.1. The molecule has 70 valence electrons. The Morgan fingerprint density at radius 2 is 2.25 bits per heavy atom. The van der Waals surface area contributed by atoms with Crippen molar-refractivity contribution in [1.29, 1.82) is 0 Å². The minimum atomic E-state index is -0.0615. The third-order valence-corrected chi connectivity index (χ3v) is 1.47. The van der Waals surface area contributed by atoms with Gasteiger partial charge in [-0.05, 0) is 20.3 Å². The number of carbonyl (C=O) groups is 1. The Bertz CT molecular complexity index is 164. The van der Waals surface area contributed by atoms with Crippen molar-refractivity contribution in [3.8, 4) is 0 Å². The molecule has 0 heterocycles. The molecule has 0 spiro atoms. The van der Waals surface area contributed by atoms with E-state index < -0.39 is 0 Å². The molecule has 0 saturated carbocycles. The van der Waals surface area contributed by atoms with E-state index in [1.165, 1.54) is 0 Å². The van der Waals surface area contributed by atoms with Crippen LogP contribution in [0.2, 0.25) is 0 Å². The maximum atomic E-state index is 11.1. The second kappa shape index (κ2) is 6.85.